The summed E-state index contributed by atoms with van der Waals surface area (Å²) in [6.45, 7) is 3.45. The highest BCUT2D eigenvalue weighted by Crippen LogP contribution is 2.22. The molecular formula is C17H26N4O2S. The van der Waals surface area contributed by atoms with E-state index in [0.717, 1.165) is 32.1 Å². The van der Waals surface area contributed by atoms with Gasteiger partial charge in [-0.15, -0.1) is 0 Å². The van der Waals surface area contributed by atoms with E-state index in [9.17, 15) is 8.42 Å². The maximum atomic E-state index is 12.6. The van der Waals surface area contributed by atoms with Gasteiger partial charge in [0.05, 0.1) is 0 Å². The van der Waals surface area contributed by atoms with Crippen LogP contribution >= 0.6 is 0 Å². The van der Waals surface area contributed by atoms with E-state index in [0.29, 0.717) is 24.8 Å². The summed E-state index contributed by atoms with van der Waals surface area (Å²) in [7, 11) is -3.41. The highest BCUT2D eigenvalue weighted by molar-refractivity contribution is 7.89. The predicted molar refractivity (Wildman–Crippen MR) is 95.5 cm³/mol. The van der Waals surface area contributed by atoms with Crippen LogP contribution in [0, 0.1) is 5.92 Å². The molecule has 1 atom stereocenters. The molecule has 24 heavy (non-hydrogen) atoms. The summed E-state index contributed by atoms with van der Waals surface area (Å²) in [5.74, 6) is 1.27. The van der Waals surface area contributed by atoms with Crippen molar-refractivity contribution in [1.29, 1.82) is 0 Å². The molecule has 6 nitrogen and oxygen atoms in total. The van der Waals surface area contributed by atoms with Crippen LogP contribution in [-0.4, -0.2) is 36.5 Å². The lowest BCUT2D eigenvalue weighted by Gasteiger charge is -2.25. The molecule has 1 saturated heterocycles. The lowest BCUT2D eigenvalue weighted by Crippen LogP contribution is -2.35. The van der Waals surface area contributed by atoms with E-state index < -0.39 is 10.0 Å². The molecule has 2 fully saturated rings. The van der Waals surface area contributed by atoms with Crippen molar-refractivity contribution in [2.24, 2.45) is 11.0 Å². The van der Waals surface area contributed by atoms with Crippen molar-refractivity contribution in [3.8, 4) is 0 Å². The highest BCUT2D eigenvalue weighted by Gasteiger charge is 2.26. The number of hydrogen-bond donors (Lipinski definition) is 1. The third-order valence-corrected chi connectivity index (χ3v) is 6.65. The fourth-order valence-electron chi connectivity index (χ4n) is 3.35. The van der Waals surface area contributed by atoms with E-state index in [1.165, 1.54) is 24.8 Å². The topological polar surface area (TPSA) is 74.7 Å². The minimum atomic E-state index is -3.41. The van der Waals surface area contributed by atoms with Gasteiger partial charge in [0.15, 0.2) is 0 Å². The predicted octanol–water partition coefficient (Wildman–Crippen LogP) is 3.23. The highest BCUT2D eigenvalue weighted by atomic mass is 32.2. The lowest BCUT2D eigenvalue weighted by atomic mass is 9.89. The molecular weight excluding hydrogens is 324 g/mol. The molecule has 132 valence electrons. The van der Waals surface area contributed by atoms with Crippen LogP contribution in [0.4, 0.5) is 5.82 Å². The van der Waals surface area contributed by atoms with Crippen molar-refractivity contribution < 1.29 is 8.42 Å². The van der Waals surface area contributed by atoms with Crippen molar-refractivity contribution in [1.82, 2.24) is 9.29 Å². The second kappa shape index (κ2) is 7.61. The molecule has 1 N–H and O–H groups in total. The Hall–Kier alpha value is -1.47. The van der Waals surface area contributed by atoms with E-state index in [1.807, 2.05) is 0 Å². The van der Waals surface area contributed by atoms with Gasteiger partial charge in [0, 0.05) is 25.0 Å². The Bertz CT molecular complexity index is 679. The Kier molecular flexibility index (Phi) is 5.50. The van der Waals surface area contributed by atoms with Crippen molar-refractivity contribution >= 4 is 21.6 Å². The molecule has 2 heterocycles. The zero-order chi connectivity index (χ0) is 17.0. The number of hydrogen-bond acceptors (Lipinski definition) is 5. The molecule has 1 aromatic rings. The van der Waals surface area contributed by atoms with E-state index >= 15 is 0 Å². The Morgan fingerprint density at radius 2 is 2.00 bits per heavy atom. The number of anilines is 1. The summed E-state index contributed by atoms with van der Waals surface area (Å²) < 4.78 is 26.7. The minimum absolute atomic E-state index is 0.258. The molecule has 1 saturated carbocycles. The monoisotopic (exact) mass is 350 g/mol. The van der Waals surface area contributed by atoms with Gasteiger partial charge >= 0.3 is 0 Å². The van der Waals surface area contributed by atoms with Crippen LogP contribution in [0.5, 0.6) is 0 Å². The third-order valence-electron chi connectivity index (χ3n) is 4.76. The molecule has 0 radical (unpaired) electrons. The smallest absolute Gasteiger partial charge is 0.244 e. The van der Waals surface area contributed by atoms with Gasteiger partial charge in [0.1, 0.15) is 10.7 Å². The maximum Gasteiger partial charge on any atom is 0.244 e. The second-order valence-corrected chi connectivity index (χ2v) is 8.77. The number of nitrogens with zero attached hydrogens (tertiary/aromatic N) is 3. The average molecular weight is 350 g/mol. The van der Waals surface area contributed by atoms with Gasteiger partial charge in [0.25, 0.3) is 0 Å². The Morgan fingerprint density at radius 1 is 1.21 bits per heavy atom. The third kappa shape index (κ3) is 4.13. The van der Waals surface area contributed by atoms with Gasteiger partial charge in [-0.05, 0) is 56.6 Å². The molecule has 2 aliphatic rings. The van der Waals surface area contributed by atoms with E-state index in [2.05, 4.69) is 22.4 Å². The summed E-state index contributed by atoms with van der Waals surface area (Å²) in [5.41, 5.74) is 4.13. The molecule has 7 heteroatoms. The molecule has 0 spiro atoms. The van der Waals surface area contributed by atoms with Crippen LogP contribution in [-0.2, 0) is 10.0 Å². The first kappa shape index (κ1) is 17.4. The van der Waals surface area contributed by atoms with Gasteiger partial charge in [0.2, 0.25) is 10.0 Å². The first-order chi connectivity index (χ1) is 11.6. The van der Waals surface area contributed by atoms with Gasteiger partial charge in [-0.1, -0.05) is 13.3 Å². The summed E-state index contributed by atoms with van der Waals surface area (Å²) >= 11 is 0. The molecule has 0 bridgehead atoms. The zero-order valence-corrected chi connectivity index (χ0v) is 15.1. The quantitative estimate of drug-likeness (QED) is 0.846. The molecule has 1 aliphatic carbocycles. The van der Waals surface area contributed by atoms with Crippen molar-refractivity contribution in [3.63, 3.8) is 0 Å². The SMILES string of the molecule is C[C@H]1CCC/C(=N/Nc2ccc(S(=O)(=O)N3CCCCC3)cn2)C1. The Morgan fingerprint density at radius 3 is 2.67 bits per heavy atom. The fraction of sp³-hybridized carbons (Fsp3) is 0.647. The maximum absolute atomic E-state index is 12.6. The number of piperidine rings is 1. The number of pyridine rings is 1. The van der Waals surface area contributed by atoms with Gasteiger partial charge in [-0.25, -0.2) is 13.4 Å². The van der Waals surface area contributed by atoms with E-state index in [1.54, 1.807) is 16.4 Å². The van der Waals surface area contributed by atoms with E-state index in [4.69, 9.17) is 0 Å². The summed E-state index contributed by atoms with van der Waals surface area (Å²) in [6.07, 6.45) is 8.89. The van der Waals surface area contributed by atoms with Crippen molar-refractivity contribution in [2.75, 3.05) is 18.5 Å². The summed E-state index contributed by atoms with van der Waals surface area (Å²) in [5, 5.41) is 4.43. The first-order valence-electron chi connectivity index (χ1n) is 8.83. The van der Waals surface area contributed by atoms with Crippen LogP contribution in [0.3, 0.4) is 0 Å². The Labute approximate surface area is 144 Å². The first-order valence-corrected chi connectivity index (χ1v) is 10.3. The summed E-state index contributed by atoms with van der Waals surface area (Å²) in [6, 6.07) is 3.30. The number of hydrazone groups is 1. The standard InChI is InChI=1S/C17H26N4O2S/c1-14-6-5-7-15(12-14)19-20-17-9-8-16(13-18-17)24(22,23)21-10-3-2-4-11-21/h8-9,13-14H,2-7,10-12H2,1H3,(H,18,20)/b19-15-/t14-/m0/s1. The number of sulfonamides is 1. The van der Waals surface area contributed by atoms with Gasteiger partial charge in [-0.3, -0.25) is 5.43 Å². The Balaban J connectivity index is 1.65. The normalized spacial score (nSPS) is 24.9. The van der Waals surface area contributed by atoms with Crippen LogP contribution in [0.1, 0.15) is 51.9 Å². The second-order valence-electron chi connectivity index (χ2n) is 6.84. The molecule has 0 aromatic carbocycles. The molecule has 3 rings (SSSR count). The van der Waals surface area contributed by atoms with Crippen LogP contribution in [0.2, 0.25) is 0 Å². The van der Waals surface area contributed by atoms with Crippen molar-refractivity contribution in [3.05, 3.63) is 18.3 Å². The fourth-order valence-corrected chi connectivity index (χ4v) is 4.82. The van der Waals surface area contributed by atoms with Gasteiger partial charge < -0.3 is 0 Å². The summed E-state index contributed by atoms with van der Waals surface area (Å²) in [4.78, 5) is 4.48. The molecule has 1 aliphatic heterocycles. The zero-order valence-electron chi connectivity index (χ0n) is 14.2. The number of rotatable bonds is 4. The van der Waals surface area contributed by atoms with E-state index in [-0.39, 0.29) is 4.90 Å². The largest absolute Gasteiger partial charge is 0.261 e. The van der Waals surface area contributed by atoms with Crippen LogP contribution in [0.15, 0.2) is 28.3 Å². The number of nitrogens with one attached hydrogen (secondary N) is 1. The van der Waals surface area contributed by atoms with Crippen molar-refractivity contribution in [2.45, 2.75) is 56.8 Å². The average Bonchev–Trinajstić information content (AvgIpc) is 2.61. The minimum Gasteiger partial charge on any atom is -0.261 e. The van der Waals surface area contributed by atoms with Crippen LogP contribution in [0.25, 0.3) is 0 Å². The molecule has 0 amide bonds. The van der Waals surface area contributed by atoms with Crippen LogP contribution < -0.4 is 5.43 Å². The lowest BCUT2D eigenvalue weighted by molar-refractivity contribution is 0.346. The van der Waals surface area contributed by atoms with Gasteiger partial charge in [-0.2, -0.15) is 9.41 Å². The molecule has 1 aromatic heterocycles. The molecule has 0 unspecified atom stereocenters. The number of aromatic nitrogens is 1.